The molecule has 1 aromatic carbocycles. The number of hydrogen-bond donors (Lipinski definition) is 0. The Kier molecular flexibility index (Phi) is 4.65. The standard InChI is InChI=1S/C20H19N5O2/c1-26-18-6-4-3-5-14(18)7-8-16-9-10-17(19-24-23-13-25(16)19)15-11-21-20(27-2)22-12-15/h3-6,9-13H,7-8H2,1-2H3. The van der Waals surface area contributed by atoms with Gasteiger partial charge in [0.25, 0.3) is 0 Å². The maximum atomic E-state index is 5.45. The smallest absolute Gasteiger partial charge is 0.316 e. The second-order valence-corrected chi connectivity index (χ2v) is 6.03. The molecule has 27 heavy (non-hydrogen) atoms. The van der Waals surface area contributed by atoms with E-state index in [1.807, 2.05) is 28.7 Å². The lowest BCUT2D eigenvalue weighted by atomic mass is 10.0. The van der Waals surface area contributed by atoms with E-state index in [2.05, 4.69) is 32.3 Å². The molecule has 3 aromatic heterocycles. The van der Waals surface area contributed by atoms with Gasteiger partial charge in [-0.3, -0.25) is 4.40 Å². The van der Waals surface area contributed by atoms with Crippen molar-refractivity contribution in [1.29, 1.82) is 0 Å². The van der Waals surface area contributed by atoms with Crippen molar-refractivity contribution < 1.29 is 9.47 Å². The predicted molar refractivity (Wildman–Crippen MR) is 101 cm³/mol. The summed E-state index contributed by atoms with van der Waals surface area (Å²) in [5.41, 5.74) is 4.87. The van der Waals surface area contributed by atoms with Gasteiger partial charge in [-0.1, -0.05) is 18.2 Å². The minimum atomic E-state index is 0.338. The summed E-state index contributed by atoms with van der Waals surface area (Å²) in [7, 11) is 3.24. The molecule has 0 aliphatic carbocycles. The summed E-state index contributed by atoms with van der Waals surface area (Å²) in [4.78, 5) is 8.36. The summed E-state index contributed by atoms with van der Waals surface area (Å²) >= 11 is 0. The number of nitrogens with zero attached hydrogens (tertiary/aromatic N) is 5. The van der Waals surface area contributed by atoms with E-state index >= 15 is 0 Å². The lowest BCUT2D eigenvalue weighted by Crippen LogP contribution is -2.02. The topological polar surface area (TPSA) is 74.4 Å². The van der Waals surface area contributed by atoms with Crippen LogP contribution in [0.4, 0.5) is 0 Å². The van der Waals surface area contributed by atoms with Crippen LogP contribution in [-0.4, -0.2) is 38.8 Å². The first-order valence-corrected chi connectivity index (χ1v) is 8.60. The van der Waals surface area contributed by atoms with Crippen LogP contribution in [0.1, 0.15) is 11.3 Å². The number of benzene rings is 1. The third-order valence-corrected chi connectivity index (χ3v) is 4.51. The summed E-state index contributed by atoms with van der Waals surface area (Å²) in [5.74, 6) is 0.907. The van der Waals surface area contributed by atoms with Gasteiger partial charge < -0.3 is 9.47 Å². The number of aromatic nitrogens is 5. The number of ether oxygens (including phenoxy) is 2. The Morgan fingerprint density at radius 1 is 0.926 bits per heavy atom. The van der Waals surface area contributed by atoms with Gasteiger partial charge in [0.1, 0.15) is 12.1 Å². The fourth-order valence-corrected chi connectivity index (χ4v) is 3.13. The van der Waals surface area contributed by atoms with Crippen molar-refractivity contribution in [3.8, 4) is 22.9 Å². The number of hydrogen-bond acceptors (Lipinski definition) is 6. The molecule has 3 heterocycles. The molecule has 7 nitrogen and oxygen atoms in total. The zero-order valence-corrected chi connectivity index (χ0v) is 15.2. The molecule has 0 radical (unpaired) electrons. The Morgan fingerprint density at radius 3 is 2.52 bits per heavy atom. The molecule has 4 rings (SSSR count). The van der Waals surface area contributed by atoms with Crippen LogP contribution in [0.25, 0.3) is 16.8 Å². The average molecular weight is 361 g/mol. The summed E-state index contributed by atoms with van der Waals surface area (Å²) in [5, 5.41) is 8.38. The van der Waals surface area contributed by atoms with Crippen LogP contribution in [0.15, 0.2) is 55.1 Å². The third kappa shape index (κ3) is 3.31. The SMILES string of the molecule is COc1ncc(-c2ccc(CCc3ccccc3OC)n3cnnc23)cn1. The van der Waals surface area contributed by atoms with E-state index in [1.54, 1.807) is 32.9 Å². The fourth-order valence-electron chi connectivity index (χ4n) is 3.13. The number of fused-ring (bicyclic) bond motifs is 1. The Hall–Kier alpha value is -3.48. The number of pyridine rings is 1. The van der Waals surface area contributed by atoms with E-state index in [9.17, 15) is 0 Å². The highest BCUT2D eigenvalue weighted by atomic mass is 16.5. The molecule has 0 atom stereocenters. The van der Waals surface area contributed by atoms with Gasteiger partial charge in [0, 0.05) is 29.2 Å². The Bertz CT molecular complexity index is 1060. The molecule has 0 spiro atoms. The van der Waals surface area contributed by atoms with Crippen LogP contribution in [0, 0.1) is 0 Å². The monoisotopic (exact) mass is 361 g/mol. The second-order valence-electron chi connectivity index (χ2n) is 6.03. The lowest BCUT2D eigenvalue weighted by Gasteiger charge is -2.11. The minimum Gasteiger partial charge on any atom is -0.496 e. The van der Waals surface area contributed by atoms with Crippen LogP contribution < -0.4 is 9.47 Å². The maximum Gasteiger partial charge on any atom is 0.316 e. The van der Waals surface area contributed by atoms with Crippen LogP contribution in [-0.2, 0) is 12.8 Å². The van der Waals surface area contributed by atoms with Crippen molar-refractivity contribution in [2.75, 3.05) is 14.2 Å². The van der Waals surface area contributed by atoms with Gasteiger partial charge in [0.05, 0.1) is 14.2 Å². The molecule has 0 fully saturated rings. The van der Waals surface area contributed by atoms with Crippen molar-refractivity contribution >= 4 is 5.65 Å². The van der Waals surface area contributed by atoms with E-state index in [4.69, 9.17) is 9.47 Å². The molecular formula is C20H19N5O2. The molecular weight excluding hydrogens is 342 g/mol. The number of para-hydroxylation sites is 1. The van der Waals surface area contributed by atoms with Crippen molar-refractivity contribution in [3.05, 3.63) is 66.4 Å². The fraction of sp³-hybridized carbons (Fsp3) is 0.200. The summed E-state index contributed by atoms with van der Waals surface area (Å²) in [6.07, 6.45) is 6.89. The number of rotatable bonds is 6. The highest BCUT2D eigenvalue weighted by Gasteiger charge is 2.12. The summed E-state index contributed by atoms with van der Waals surface area (Å²) in [6.45, 7) is 0. The van der Waals surface area contributed by atoms with Crippen LogP contribution >= 0.6 is 0 Å². The molecule has 0 N–H and O–H groups in total. The number of methoxy groups -OCH3 is 2. The van der Waals surface area contributed by atoms with Crippen molar-refractivity contribution in [2.24, 2.45) is 0 Å². The van der Waals surface area contributed by atoms with Crippen molar-refractivity contribution in [3.63, 3.8) is 0 Å². The molecule has 7 heteroatoms. The van der Waals surface area contributed by atoms with E-state index in [0.29, 0.717) is 6.01 Å². The molecule has 0 aliphatic heterocycles. The Labute approximate surface area is 156 Å². The quantitative estimate of drug-likeness (QED) is 0.526. The normalized spacial score (nSPS) is 10.9. The summed E-state index contributed by atoms with van der Waals surface area (Å²) in [6, 6.07) is 12.5. The van der Waals surface area contributed by atoms with E-state index < -0.39 is 0 Å². The third-order valence-electron chi connectivity index (χ3n) is 4.51. The van der Waals surface area contributed by atoms with E-state index in [-0.39, 0.29) is 0 Å². The Morgan fingerprint density at radius 2 is 1.74 bits per heavy atom. The molecule has 0 saturated carbocycles. The van der Waals surface area contributed by atoms with Gasteiger partial charge >= 0.3 is 6.01 Å². The first-order chi connectivity index (χ1) is 13.3. The zero-order valence-electron chi connectivity index (χ0n) is 15.2. The van der Waals surface area contributed by atoms with Gasteiger partial charge in [-0.05, 0) is 36.6 Å². The van der Waals surface area contributed by atoms with E-state index in [1.165, 1.54) is 5.56 Å². The first-order valence-electron chi connectivity index (χ1n) is 8.60. The van der Waals surface area contributed by atoms with Crippen molar-refractivity contribution in [2.45, 2.75) is 12.8 Å². The molecule has 136 valence electrons. The second kappa shape index (κ2) is 7.41. The molecule has 0 aliphatic rings. The average Bonchev–Trinajstić information content (AvgIpc) is 3.22. The largest absolute Gasteiger partial charge is 0.496 e. The molecule has 4 aromatic rings. The maximum absolute atomic E-state index is 5.45. The molecule has 0 saturated heterocycles. The van der Waals surface area contributed by atoms with Crippen molar-refractivity contribution in [1.82, 2.24) is 24.6 Å². The summed E-state index contributed by atoms with van der Waals surface area (Å²) < 4.78 is 12.5. The van der Waals surface area contributed by atoms with Crippen LogP contribution in [0.3, 0.4) is 0 Å². The van der Waals surface area contributed by atoms with E-state index in [0.717, 1.165) is 41.1 Å². The highest BCUT2D eigenvalue weighted by Crippen LogP contribution is 2.25. The molecule has 0 unspecified atom stereocenters. The molecule has 0 amide bonds. The highest BCUT2D eigenvalue weighted by molar-refractivity contribution is 5.76. The zero-order chi connectivity index (χ0) is 18.6. The minimum absolute atomic E-state index is 0.338. The van der Waals surface area contributed by atoms with Gasteiger partial charge in [0.2, 0.25) is 0 Å². The first kappa shape index (κ1) is 17.0. The van der Waals surface area contributed by atoms with Gasteiger partial charge in [-0.25, -0.2) is 9.97 Å². The van der Waals surface area contributed by atoms with Gasteiger partial charge in [-0.15, -0.1) is 10.2 Å². The lowest BCUT2D eigenvalue weighted by molar-refractivity contribution is 0.380. The van der Waals surface area contributed by atoms with Gasteiger partial charge in [0.15, 0.2) is 5.65 Å². The molecule has 0 bridgehead atoms. The van der Waals surface area contributed by atoms with Crippen LogP contribution in [0.2, 0.25) is 0 Å². The van der Waals surface area contributed by atoms with Crippen LogP contribution in [0.5, 0.6) is 11.8 Å². The van der Waals surface area contributed by atoms with Gasteiger partial charge in [-0.2, -0.15) is 0 Å². The Balaban J connectivity index is 1.65. The number of aryl methyl sites for hydroxylation is 2. The predicted octanol–water partition coefficient (Wildman–Crippen LogP) is 2.99.